The molecule has 0 fully saturated rings. The zero-order valence-electron chi connectivity index (χ0n) is 16.1. The smallest absolute Gasteiger partial charge is 0.411 e. The highest BCUT2D eigenvalue weighted by Crippen LogP contribution is 2.33. The second-order valence-corrected chi connectivity index (χ2v) is 7.21. The number of hydrogen-bond donors (Lipinski definition) is 1. The summed E-state index contributed by atoms with van der Waals surface area (Å²) >= 11 is 0. The van der Waals surface area contributed by atoms with Gasteiger partial charge in [-0.3, -0.25) is 4.90 Å². The van der Waals surface area contributed by atoms with E-state index in [1.165, 1.54) is 5.56 Å². The third-order valence-corrected chi connectivity index (χ3v) is 5.36. The molecule has 2 unspecified atom stereocenters. The Kier molecular flexibility index (Phi) is 4.95. The highest BCUT2D eigenvalue weighted by atomic mass is 19.1. The number of halogens is 1. The number of rotatable bonds is 2. The Morgan fingerprint density at radius 2 is 2.14 bits per heavy atom. The lowest BCUT2D eigenvalue weighted by atomic mass is 9.92. The number of carbonyl (C=O) groups excluding carboxylic acids is 1. The van der Waals surface area contributed by atoms with E-state index in [1.54, 1.807) is 17.9 Å². The topological polar surface area (TPSA) is 45.3 Å². The molecule has 2 aliphatic rings. The highest BCUT2D eigenvalue weighted by Gasteiger charge is 2.35. The van der Waals surface area contributed by atoms with Crippen LogP contribution in [-0.2, 0) is 11.2 Å². The predicted octanol–water partition coefficient (Wildman–Crippen LogP) is 2.73. The monoisotopic (exact) mass is 378 g/mol. The second-order valence-electron chi connectivity index (χ2n) is 7.21. The molecule has 28 heavy (non-hydrogen) atoms. The summed E-state index contributed by atoms with van der Waals surface area (Å²) in [5.74, 6) is 5.50. The third-order valence-electron chi connectivity index (χ3n) is 5.36. The molecule has 0 saturated carbocycles. The molecular formula is C23H23FN2O2. The van der Waals surface area contributed by atoms with Crippen molar-refractivity contribution in [3.63, 3.8) is 0 Å². The van der Waals surface area contributed by atoms with Gasteiger partial charge < -0.3 is 9.72 Å². The van der Waals surface area contributed by atoms with E-state index < -0.39 is 6.17 Å². The van der Waals surface area contributed by atoms with Gasteiger partial charge in [0.1, 0.15) is 12.2 Å². The fraction of sp³-hybridized carbons (Fsp3) is 0.348. The standard InChI is InChI=1S/C23H23FN2O2/c1-3-4-13-28-23(27)26-12-11-19-18-10-9-17(24)14-20(18)25-21(19)22(26)16-7-5-15(2)6-8-16/h5-8,10,14,17,22,25H,9,11-13H2,1-2H3. The molecule has 2 aromatic rings. The van der Waals surface area contributed by atoms with Crippen molar-refractivity contribution >= 4 is 18.2 Å². The molecule has 0 radical (unpaired) electrons. The van der Waals surface area contributed by atoms with Crippen LogP contribution < -0.4 is 10.6 Å². The van der Waals surface area contributed by atoms with Crippen molar-refractivity contribution in [2.24, 2.45) is 0 Å². The van der Waals surface area contributed by atoms with E-state index >= 15 is 0 Å². The number of benzene rings is 1. The van der Waals surface area contributed by atoms with Crippen molar-refractivity contribution < 1.29 is 13.9 Å². The molecule has 2 heterocycles. The fourth-order valence-corrected chi connectivity index (χ4v) is 4.00. The van der Waals surface area contributed by atoms with Crippen LogP contribution in [0.3, 0.4) is 0 Å². The van der Waals surface area contributed by atoms with Crippen LogP contribution in [0.4, 0.5) is 9.18 Å². The summed E-state index contributed by atoms with van der Waals surface area (Å²) in [5.41, 5.74) is 4.27. The lowest BCUT2D eigenvalue weighted by Crippen LogP contribution is -2.42. The number of hydrogen-bond acceptors (Lipinski definition) is 2. The second kappa shape index (κ2) is 7.55. The molecule has 1 aliphatic heterocycles. The van der Waals surface area contributed by atoms with Crippen molar-refractivity contribution in [1.82, 2.24) is 9.88 Å². The molecule has 1 aromatic heterocycles. The van der Waals surface area contributed by atoms with Gasteiger partial charge in [-0.05, 0) is 42.7 Å². The van der Waals surface area contributed by atoms with E-state index in [9.17, 15) is 9.18 Å². The van der Waals surface area contributed by atoms with Crippen LogP contribution >= 0.6 is 0 Å². The first-order chi connectivity index (χ1) is 13.6. The minimum atomic E-state index is -0.973. The van der Waals surface area contributed by atoms with Gasteiger partial charge in [0.15, 0.2) is 6.61 Å². The average molecular weight is 378 g/mol. The number of aromatic nitrogens is 1. The number of ether oxygens (including phenoxy) is 1. The van der Waals surface area contributed by atoms with E-state index in [-0.39, 0.29) is 18.7 Å². The van der Waals surface area contributed by atoms with E-state index in [0.717, 1.165) is 27.4 Å². The maximum Gasteiger partial charge on any atom is 0.411 e. The van der Waals surface area contributed by atoms with Gasteiger partial charge in [0.25, 0.3) is 0 Å². The summed E-state index contributed by atoms with van der Waals surface area (Å²) in [5, 5.41) is 1.89. The van der Waals surface area contributed by atoms with Crippen LogP contribution in [0.5, 0.6) is 0 Å². The van der Waals surface area contributed by atoms with Crippen molar-refractivity contribution in [2.75, 3.05) is 13.2 Å². The zero-order valence-corrected chi connectivity index (χ0v) is 16.1. The first kappa shape index (κ1) is 18.4. The number of carbonyl (C=O) groups is 1. The SMILES string of the molecule is CC#CCOC(=O)N1CCc2c([nH]c3c2=CCC(F)C=3)C1c1ccc(C)cc1. The van der Waals surface area contributed by atoms with Crippen LogP contribution in [0.2, 0.25) is 0 Å². The van der Waals surface area contributed by atoms with Crippen LogP contribution in [0.25, 0.3) is 12.2 Å². The van der Waals surface area contributed by atoms with Gasteiger partial charge in [-0.25, -0.2) is 9.18 Å². The van der Waals surface area contributed by atoms with Gasteiger partial charge in [0.2, 0.25) is 0 Å². The first-order valence-corrected chi connectivity index (χ1v) is 9.55. The Bertz CT molecular complexity index is 1070. The molecule has 1 N–H and O–H groups in total. The van der Waals surface area contributed by atoms with Gasteiger partial charge in [0, 0.05) is 24.0 Å². The summed E-state index contributed by atoms with van der Waals surface area (Å²) in [7, 11) is 0. The van der Waals surface area contributed by atoms with Gasteiger partial charge in [-0.15, -0.1) is 5.92 Å². The largest absolute Gasteiger partial charge is 0.436 e. The lowest BCUT2D eigenvalue weighted by molar-refractivity contribution is 0.0991. The molecule has 0 bridgehead atoms. The number of H-pyrrole nitrogens is 1. The first-order valence-electron chi connectivity index (χ1n) is 9.55. The summed E-state index contributed by atoms with van der Waals surface area (Å²) in [6.07, 6.45) is 3.35. The maximum absolute atomic E-state index is 13.9. The fourth-order valence-electron chi connectivity index (χ4n) is 4.00. The van der Waals surface area contributed by atoms with Crippen LogP contribution in [-0.4, -0.2) is 35.3 Å². The minimum absolute atomic E-state index is 0.0750. The number of aromatic amines is 1. The molecule has 1 amide bonds. The van der Waals surface area contributed by atoms with Gasteiger partial charge >= 0.3 is 6.09 Å². The highest BCUT2D eigenvalue weighted by molar-refractivity contribution is 5.70. The van der Waals surface area contributed by atoms with Crippen molar-refractivity contribution in [1.29, 1.82) is 0 Å². The number of amides is 1. The number of fused-ring (bicyclic) bond motifs is 3. The average Bonchev–Trinajstić information content (AvgIpc) is 3.05. The Balaban J connectivity index is 1.80. The summed E-state index contributed by atoms with van der Waals surface area (Å²) in [6, 6.07) is 7.85. The van der Waals surface area contributed by atoms with Crippen LogP contribution in [0, 0.1) is 18.8 Å². The zero-order chi connectivity index (χ0) is 19.7. The predicted molar refractivity (Wildman–Crippen MR) is 107 cm³/mol. The number of nitrogens with one attached hydrogen (secondary N) is 1. The van der Waals surface area contributed by atoms with E-state index in [2.05, 4.69) is 16.8 Å². The molecule has 4 nitrogen and oxygen atoms in total. The molecule has 144 valence electrons. The van der Waals surface area contributed by atoms with Crippen LogP contribution in [0.1, 0.15) is 41.8 Å². The Morgan fingerprint density at radius 3 is 2.89 bits per heavy atom. The van der Waals surface area contributed by atoms with E-state index in [0.29, 0.717) is 19.4 Å². The van der Waals surface area contributed by atoms with Gasteiger partial charge in [0.05, 0.1) is 0 Å². The Hall–Kier alpha value is -3.00. The molecule has 0 spiro atoms. The number of nitrogens with zero attached hydrogens (tertiary/aromatic N) is 1. The summed E-state index contributed by atoms with van der Waals surface area (Å²) < 4.78 is 19.2. The molecule has 1 aromatic carbocycles. The Labute approximate surface area is 163 Å². The molecular weight excluding hydrogens is 355 g/mol. The van der Waals surface area contributed by atoms with Gasteiger partial charge in [-0.1, -0.05) is 41.8 Å². The summed E-state index contributed by atoms with van der Waals surface area (Å²) in [4.78, 5) is 17.9. The molecule has 0 saturated heterocycles. The number of alkyl halides is 1. The normalized spacial score (nSPS) is 20.0. The third kappa shape index (κ3) is 3.31. The maximum atomic E-state index is 13.9. The Morgan fingerprint density at radius 1 is 1.36 bits per heavy atom. The van der Waals surface area contributed by atoms with Crippen molar-refractivity contribution in [3.05, 3.63) is 57.2 Å². The molecule has 4 rings (SSSR count). The van der Waals surface area contributed by atoms with E-state index in [1.807, 2.05) is 37.3 Å². The van der Waals surface area contributed by atoms with Crippen molar-refractivity contribution in [3.8, 4) is 11.8 Å². The number of aryl methyl sites for hydroxylation is 1. The van der Waals surface area contributed by atoms with Crippen molar-refractivity contribution in [2.45, 2.75) is 38.9 Å². The van der Waals surface area contributed by atoms with Gasteiger partial charge in [-0.2, -0.15) is 0 Å². The lowest BCUT2D eigenvalue weighted by Gasteiger charge is -2.35. The minimum Gasteiger partial charge on any atom is -0.436 e. The summed E-state index contributed by atoms with van der Waals surface area (Å²) in [6.45, 7) is 4.36. The molecule has 2 atom stereocenters. The van der Waals surface area contributed by atoms with Crippen LogP contribution in [0.15, 0.2) is 24.3 Å². The molecule has 1 aliphatic carbocycles. The quantitative estimate of drug-likeness (QED) is 0.817. The molecule has 5 heteroatoms. The van der Waals surface area contributed by atoms with E-state index in [4.69, 9.17) is 4.74 Å².